The number of carboxylic acids is 1. The molecule has 1 heterocycles. The lowest BCUT2D eigenvalue weighted by Crippen LogP contribution is -2.37. The number of hydrogen-bond acceptors (Lipinski definition) is 3. The highest BCUT2D eigenvalue weighted by Crippen LogP contribution is 2.41. The molecule has 1 N–H and O–H groups in total. The van der Waals surface area contributed by atoms with E-state index in [4.69, 9.17) is 4.74 Å². The van der Waals surface area contributed by atoms with Gasteiger partial charge in [0.15, 0.2) is 11.6 Å². The van der Waals surface area contributed by atoms with E-state index in [0.29, 0.717) is 23.8 Å². The summed E-state index contributed by atoms with van der Waals surface area (Å²) in [5.74, 6) is -0.780. The fourth-order valence-corrected chi connectivity index (χ4v) is 5.02. The van der Waals surface area contributed by atoms with E-state index in [0.717, 1.165) is 19.3 Å². The number of carboxylic acid groups (broad SMARTS) is 1. The molecule has 1 unspecified atom stereocenters. The monoisotopic (exact) mass is 505 g/mol. The van der Waals surface area contributed by atoms with E-state index in [1.165, 1.54) is 22.4 Å². The van der Waals surface area contributed by atoms with Crippen LogP contribution in [0.5, 0.6) is 5.75 Å². The maximum Gasteiger partial charge on any atom is 0.335 e. The van der Waals surface area contributed by atoms with Gasteiger partial charge in [-0.15, -0.1) is 12.4 Å². The zero-order valence-corrected chi connectivity index (χ0v) is 20.9. The average Bonchev–Trinajstić information content (AvgIpc) is 2.88. The van der Waals surface area contributed by atoms with Crippen molar-refractivity contribution in [3.63, 3.8) is 0 Å². The SMILES string of the molecule is C[C@@H](CCCC1CN(c2cccc(C(=O)O)c2)c2cccc(F)c2O1)c1cccc2ccccc12.Cl. The quantitative estimate of drug-likeness (QED) is 0.276. The summed E-state index contributed by atoms with van der Waals surface area (Å²) in [5.41, 5.74) is 2.88. The minimum absolute atomic E-state index is 0. The predicted octanol–water partition coefficient (Wildman–Crippen LogP) is 7.97. The van der Waals surface area contributed by atoms with Gasteiger partial charge in [-0.25, -0.2) is 9.18 Å². The molecule has 0 saturated heterocycles. The van der Waals surface area contributed by atoms with Crippen LogP contribution in [0.15, 0.2) is 84.9 Å². The lowest BCUT2D eigenvalue weighted by molar-refractivity contribution is 0.0697. The van der Waals surface area contributed by atoms with Crippen molar-refractivity contribution in [3.8, 4) is 5.75 Å². The molecule has 6 heteroatoms. The maximum atomic E-state index is 14.7. The smallest absolute Gasteiger partial charge is 0.335 e. The summed E-state index contributed by atoms with van der Waals surface area (Å²) in [5, 5.41) is 12.0. The molecule has 4 aromatic rings. The van der Waals surface area contributed by atoms with E-state index in [2.05, 4.69) is 49.4 Å². The van der Waals surface area contributed by atoms with Crippen molar-refractivity contribution >= 4 is 40.5 Å². The second-order valence-electron chi connectivity index (χ2n) is 9.19. The first-order valence-electron chi connectivity index (χ1n) is 12.0. The summed E-state index contributed by atoms with van der Waals surface area (Å²) in [4.78, 5) is 13.5. The fourth-order valence-electron chi connectivity index (χ4n) is 5.02. The number of hydrogen-bond donors (Lipinski definition) is 1. The summed E-state index contributed by atoms with van der Waals surface area (Å²) in [6, 6.07) is 26.5. The molecule has 4 aromatic carbocycles. The standard InChI is InChI=1S/C30H28FNO3.ClH/c1-20(25-15-6-10-21-9-2-3-14-26(21)25)8-4-13-24-19-32(23-12-5-11-22(18-23)30(33)34)28-17-7-16-27(31)29(28)35-24;/h2-3,5-7,9-12,14-18,20,24H,4,8,13,19H2,1H3,(H,33,34);1H/t20-,24?;/m0./s1. The molecule has 0 saturated carbocycles. The minimum atomic E-state index is -0.987. The van der Waals surface area contributed by atoms with Crippen LogP contribution in [0.2, 0.25) is 0 Å². The van der Waals surface area contributed by atoms with Crippen molar-refractivity contribution in [3.05, 3.63) is 102 Å². The van der Waals surface area contributed by atoms with Crippen LogP contribution in [-0.4, -0.2) is 23.7 Å². The van der Waals surface area contributed by atoms with Gasteiger partial charge in [0.05, 0.1) is 17.8 Å². The molecule has 0 radical (unpaired) electrons. The molecule has 1 aliphatic rings. The molecule has 2 atom stereocenters. The van der Waals surface area contributed by atoms with Gasteiger partial charge in [0.25, 0.3) is 0 Å². The van der Waals surface area contributed by atoms with Crippen molar-refractivity contribution in [2.75, 3.05) is 11.4 Å². The van der Waals surface area contributed by atoms with Crippen LogP contribution in [0.1, 0.15) is 48.0 Å². The van der Waals surface area contributed by atoms with Crippen LogP contribution in [-0.2, 0) is 0 Å². The third-order valence-corrected chi connectivity index (χ3v) is 6.83. The minimum Gasteiger partial charge on any atom is -0.483 e. The Morgan fingerprint density at radius 1 is 1.06 bits per heavy atom. The molecule has 1 aliphatic heterocycles. The zero-order valence-electron chi connectivity index (χ0n) is 20.1. The Hall–Kier alpha value is -3.57. The van der Waals surface area contributed by atoms with Gasteiger partial charge in [-0.3, -0.25) is 0 Å². The number of nitrogens with zero attached hydrogens (tertiary/aromatic N) is 1. The van der Waals surface area contributed by atoms with Crippen molar-refractivity contribution in [1.29, 1.82) is 0 Å². The molecule has 4 nitrogen and oxygen atoms in total. The van der Waals surface area contributed by atoms with Crippen LogP contribution in [0, 0.1) is 5.82 Å². The molecular formula is C30H29ClFNO3. The highest BCUT2D eigenvalue weighted by Gasteiger charge is 2.29. The Morgan fingerprint density at radius 3 is 2.64 bits per heavy atom. The largest absolute Gasteiger partial charge is 0.483 e. The molecule has 0 spiro atoms. The van der Waals surface area contributed by atoms with Gasteiger partial charge in [0.1, 0.15) is 6.10 Å². The van der Waals surface area contributed by atoms with Crippen LogP contribution in [0.3, 0.4) is 0 Å². The number of ether oxygens (including phenoxy) is 1. The first-order valence-corrected chi connectivity index (χ1v) is 12.0. The van der Waals surface area contributed by atoms with Crippen LogP contribution < -0.4 is 9.64 Å². The average molecular weight is 506 g/mol. The third kappa shape index (κ3) is 5.17. The van der Waals surface area contributed by atoms with Gasteiger partial charge < -0.3 is 14.7 Å². The summed E-state index contributed by atoms with van der Waals surface area (Å²) in [6.07, 6.45) is 2.50. The Bertz CT molecular complexity index is 1370. The molecule has 0 aromatic heterocycles. The maximum absolute atomic E-state index is 14.7. The second kappa shape index (κ2) is 11.0. The lowest BCUT2D eigenvalue weighted by Gasteiger charge is -2.36. The van der Waals surface area contributed by atoms with Crippen molar-refractivity contribution in [2.45, 2.75) is 38.2 Å². The Kier molecular flexibility index (Phi) is 7.80. The van der Waals surface area contributed by atoms with Crippen molar-refractivity contribution < 1.29 is 19.0 Å². The number of carbonyl (C=O) groups is 1. The zero-order chi connectivity index (χ0) is 24.4. The van der Waals surface area contributed by atoms with Crippen LogP contribution in [0.4, 0.5) is 15.8 Å². The number of rotatable bonds is 7. The summed E-state index contributed by atoms with van der Waals surface area (Å²) in [7, 11) is 0. The third-order valence-electron chi connectivity index (χ3n) is 6.83. The Morgan fingerprint density at radius 2 is 1.81 bits per heavy atom. The highest BCUT2D eigenvalue weighted by atomic mass is 35.5. The molecule has 36 heavy (non-hydrogen) atoms. The van der Waals surface area contributed by atoms with E-state index in [1.807, 2.05) is 17.0 Å². The molecule has 0 amide bonds. The number of halogens is 2. The molecule has 0 bridgehead atoms. The van der Waals surface area contributed by atoms with Gasteiger partial charge >= 0.3 is 5.97 Å². The molecular weight excluding hydrogens is 477 g/mol. The number of fused-ring (bicyclic) bond motifs is 2. The predicted molar refractivity (Wildman–Crippen MR) is 145 cm³/mol. The molecule has 0 fully saturated rings. The van der Waals surface area contributed by atoms with Gasteiger partial charge in [-0.05, 0) is 71.8 Å². The molecule has 186 valence electrons. The first-order chi connectivity index (χ1) is 17.0. The molecule has 0 aliphatic carbocycles. The number of aromatic carboxylic acids is 1. The van der Waals surface area contributed by atoms with E-state index in [9.17, 15) is 14.3 Å². The lowest BCUT2D eigenvalue weighted by atomic mass is 9.90. The summed E-state index contributed by atoms with van der Waals surface area (Å²) >= 11 is 0. The van der Waals surface area contributed by atoms with E-state index in [1.54, 1.807) is 24.3 Å². The number of anilines is 2. The van der Waals surface area contributed by atoms with E-state index >= 15 is 0 Å². The van der Waals surface area contributed by atoms with Gasteiger partial charge in [-0.2, -0.15) is 0 Å². The summed E-state index contributed by atoms with van der Waals surface area (Å²) < 4.78 is 20.8. The first kappa shape index (κ1) is 25.5. The normalized spacial score (nSPS) is 15.5. The Balaban J connectivity index is 0.00000304. The van der Waals surface area contributed by atoms with Crippen molar-refractivity contribution in [2.24, 2.45) is 0 Å². The number of benzene rings is 4. The van der Waals surface area contributed by atoms with E-state index in [-0.39, 0.29) is 29.8 Å². The van der Waals surface area contributed by atoms with Crippen LogP contribution in [0.25, 0.3) is 10.8 Å². The van der Waals surface area contributed by atoms with E-state index < -0.39 is 11.8 Å². The Labute approximate surface area is 216 Å². The topological polar surface area (TPSA) is 49.8 Å². The molecule has 5 rings (SSSR count). The van der Waals surface area contributed by atoms with Crippen molar-refractivity contribution in [1.82, 2.24) is 0 Å². The number of para-hydroxylation sites is 1. The van der Waals surface area contributed by atoms with Gasteiger partial charge in [0.2, 0.25) is 0 Å². The second-order valence-corrected chi connectivity index (χ2v) is 9.19. The fraction of sp³-hybridized carbons (Fsp3) is 0.233. The van der Waals surface area contributed by atoms with Gasteiger partial charge in [0, 0.05) is 5.69 Å². The van der Waals surface area contributed by atoms with Gasteiger partial charge in [-0.1, -0.05) is 61.5 Å². The highest BCUT2D eigenvalue weighted by molar-refractivity contribution is 5.89. The van der Waals surface area contributed by atoms with Crippen LogP contribution >= 0.6 is 12.4 Å². The summed E-state index contributed by atoms with van der Waals surface area (Å²) in [6.45, 7) is 2.78.